The van der Waals surface area contributed by atoms with E-state index in [-0.39, 0.29) is 12.1 Å². The Balaban J connectivity index is 2.04. The highest BCUT2D eigenvalue weighted by Crippen LogP contribution is 2.31. The number of ether oxygens (including phenoxy) is 1. The van der Waals surface area contributed by atoms with Gasteiger partial charge in [-0.15, -0.1) is 0 Å². The van der Waals surface area contributed by atoms with Gasteiger partial charge < -0.3 is 10.1 Å². The average molecular weight is 332 g/mol. The molecule has 0 radical (unpaired) electrons. The van der Waals surface area contributed by atoms with Crippen LogP contribution in [0.15, 0.2) is 30.3 Å². The van der Waals surface area contributed by atoms with Gasteiger partial charge in [0.1, 0.15) is 5.60 Å². The number of carbonyl (C=O) groups excluding carboxylic acids is 1. The molecule has 4 nitrogen and oxygen atoms in total. The molecule has 1 saturated heterocycles. The quantitative estimate of drug-likeness (QED) is 0.897. The van der Waals surface area contributed by atoms with E-state index in [1.54, 1.807) is 0 Å². The number of nitrogens with zero attached hydrogens (tertiary/aromatic N) is 1. The van der Waals surface area contributed by atoms with E-state index in [4.69, 9.17) is 4.74 Å². The minimum atomic E-state index is -0.465. The fourth-order valence-electron chi connectivity index (χ4n) is 3.41. The van der Waals surface area contributed by atoms with Crippen LogP contribution in [0.5, 0.6) is 0 Å². The molecule has 1 aromatic rings. The van der Waals surface area contributed by atoms with Crippen molar-refractivity contribution in [3.05, 3.63) is 35.9 Å². The SMILES string of the molecule is CC(C)[C@H]1CN([C@H](C)c2ccccc2)C[C@H]1NC(=O)OC(C)(C)C. The number of hydrogen-bond acceptors (Lipinski definition) is 3. The fourth-order valence-corrected chi connectivity index (χ4v) is 3.41. The topological polar surface area (TPSA) is 41.6 Å². The van der Waals surface area contributed by atoms with E-state index in [0.29, 0.717) is 17.9 Å². The molecular formula is C20H32N2O2. The minimum Gasteiger partial charge on any atom is -0.444 e. The molecule has 1 aliphatic heterocycles. The van der Waals surface area contributed by atoms with Crippen LogP contribution in [0.2, 0.25) is 0 Å². The zero-order valence-electron chi connectivity index (χ0n) is 15.9. The first-order valence-corrected chi connectivity index (χ1v) is 8.96. The van der Waals surface area contributed by atoms with E-state index in [1.165, 1.54) is 5.56 Å². The monoisotopic (exact) mass is 332 g/mol. The maximum atomic E-state index is 12.2. The number of hydrogen-bond donors (Lipinski definition) is 1. The third-order valence-electron chi connectivity index (χ3n) is 4.78. The first-order valence-electron chi connectivity index (χ1n) is 8.96. The molecule has 134 valence electrons. The van der Waals surface area contributed by atoms with Crippen LogP contribution in [0, 0.1) is 11.8 Å². The molecule has 1 amide bonds. The van der Waals surface area contributed by atoms with E-state index >= 15 is 0 Å². The van der Waals surface area contributed by atoms with E-state index in [9.17, 15) is 4.79 Å². The standard InChI is InChI=1S/C20H32N2O2/c1-14(2)17-12-22(15(3)16-10-8-7-9-11-16)13-18(17)21-19(23)24-20(4,5)6/h7-11,14-15,17-18H,12-13H2,1-6H3,(H,21,23)/t15-,17-,18-/m1/s1. The number of carbonyl (C=O) groups is 1. The van der Waals surface area contributed by atoms with Gasteiger partial charge in [-0.3, -0.25) is 4.90 Å². The van der Waals surface area contributed by atoms with Crippen LogP contribution in [0.4, 0.5) is 4.79 Å². The summed E-state index contributed by atoms with van der Waals surface area (Å²) >= 11 is 0. The number of rotatable bonds is 4. The Hall–Kier alpha value is -1.55. The number of benzene rings is 1. The summed E-state index contributed by atoms with van der Waals surface area (Å²) in [6, 6.07) is 11.0. The summed E-state index contributed by atoms with van der Waals surface area (Å²) in [5.74, 6) is 0.946. The molecule has 0 spiro atoms. The smallest absolute Gasteiger partial charge is 0.407 e. The van der Waals surface area contributed by atoms with Gasteiger partial charge in [0.25, 0.3) is 0 Å². The maximum absolute atomic E-state index is 12.2. The van der Waals surface area contributed by atoms with Crippen LogP contribution < -0.4 is 5.32 Å². The van der Waals surface area contributed by atoms with Crippen molar-refractivity contribution in [1.82, 2.24) is 10.2 Å². The van der Waals surface area contributed by atoms with Crippen molar-refractivity contribution in [1.29, 1.82) is 0 Å². The molecule has 3 atom stereocenters. The van der Waals surface area contributed by atoms with Gasteiger partial charge in [-0.25, -0.2) is 4.79 Å². The van der Waals surface area contributed by atoms with Gasteiger partial charge in [-0.05, 0) is 45.1 Å². The third kappa shape index (κ3) is 4.97. The van der Waals surface area contributed by atoms with Gasteiger partial charge in [0.2, 0.25) is 0 Å². The van der Waals surface area contributed by atoms with Crippen molar-refractivity contribution in [3.8, 4) is 0 Å². The lowest BCUT2D eigenvalue weighted by Crippen LogP contribution is -2.44. The van der Waals surface area contributed by atoms with Gasteiger partial charge in [-0.1, -0.05) is 44.2 Å². The van der Waals surface area contributed by atoms with Crippen LogP contribution in [0.3, 0.4) is 0 Å². The predicted molar refractivity (Wildman–Crippen MR) is 97.9 cm³/mol. The van der Waals surface area contributed by atoms with Gasteiger partial charge in [0.15, 0.2) is 0 Å². The Labute approximate surface area is 146 Å². The summed E-state index contributed by atoms with van der Waals surface area (Å²) in [6.45, 7) is 14.2. The van der Waals surface area contributed by atoms with E-state index in [1.807, 2.05) is 26.8 Å². The van der Waals surface area contributed by atoms with Gasteiger partial charge in [0, 0.05) is 25.2 Å². The Bertz CT molecular complexity index is 536. The first-order chi connectivity index (χ1) is 11.2. The van der Waals surface area contributed by atoms with Crippen molar-refractivity contribution in [2.24, 2.45) is 11.8 Å². The number of amides is 1. The number of nitrogens with one attached hydrogen (secondary N) is 1. The van der Waals surface area contributed by atoms with Crippen molar-refractivity contribution in [2.75, 3.05) is 13.1 Å². The Morgan fingerprint density at radius 1 is 1.17 bits per heavy atom. The molecule has 2 rings (SSSR count). The fraction of sp³-hybridized carbons (Fsp3) is 0.650. The second kappa shape index (κ2) is 7.56. The Kier molecular flexibility index (Phi) is 5.92. The van der Waals surface area contributed by atoms with Gasteiger partial charge >= 0.3 is 6.09 Å². The molecule has 24 heavy (non-hydrogen) atoms. The molecule has 1 fully saturated rings. The van der Waals surface area contributed by atoms with Crippen LogP contribution in [-0.2, 0) is 4.74 Å². The minimum absolute atomic E-state index is 0.131. The first kappa shape index (κ1) is 18.8. The molecule has 1 N–H and O–H groups in total. The number of alkyl carbamates (subject to hydrolysis) is 1. The van der Waals surface area contributed by atoms with E-state index in [0.717, 1.165) is 13.1 Å². The molecular weight excluding hydrogens is 300 g/mol. The molecule has 0 aliphatic carbocycles. The van der Waals surface area contributed by atoms with Crippen molar-refractivity contribution in [2.45, 2.75) is 59.2 Å². The summed E-state index contributed by atoms with van der Waals surface area (Å²) in [5.41, 5.74) is 0.852. The highest BCUT2D eigenvalue weighted by atomic mass is 16.6. The molecule has 0 saturated carbocycles. The second-order valence-electron chi connectivity index (χ2n) is 8.20. The highest BCUT2D eigenvalue weighted by molar-refractivity contribution is 5.68. The van der Waals surface area contributed by atoms with Crippen LogP contribution in [0.25, 0.3) is 0 Å². The van der Waals surface area contributed by atoms with Gasteiger partial charge in [0.05, 0.1) is 0 Å². The molecule has 0 bridgehead atoms. The second-order valence-corrected chi connectivity index (χ2v) is 8.20. The summed E-state index contributed by atoms with van der Waals surface area (Å²) < 4.78 is 5.44. The normalized spacial score (nSPS) is 23.3. The van der Waals surface area contributed by atoms with Gasteiger partial charge in [-0.2, -0.15) is 0 Å². The Morgan fingerprint density at radius 2 is 1.79 bits per heavy atom. The zero-order valence-corrected chi connectivity index (χ0v) is 15.9. The highest BCUT2D eigenvalue weighted by Gasteiger charge is 2.38. The third-order valence-corrected chi connectivity index (χ3v) is 4.78. The summed E-state index contributed by atoms with van der Waals surface area (Å²) in [4.78, 5) is 14.6. The van der Waals surface area contributed by atoms with Crippen molar-refractivity contribution in [3.63, 3.8) is 0 Å². The summed E-state index contributed by atoms with van der Waals surface area (Å²) in [5, 5.41) is 3.10. The maximum Gasteiger partial charge on any atom is 0.407 e. The largest absolute Gasteiger partial charge is 0.444 e. The van der Waals surface area contributed by atoms with Crippen LogP contribution in [0.1, 0.15) is 53.1 Å². The summed E-state index contributed by atoms with van der Waals surface area (Å²) in [6.07, 6.45) is -0.313. The average Bonchev–Trinajstić information content (AvgIpc) is 2.89. The van der Waals surface area contributed by atoms with Crippen molar-refractivity contribution < 1.29 is 9.53 Å². The van der Waals surface area contributed by atoms with Crippen molar-refractivity contribution >= 4 is 6.09 Å². The summed E-state index contributed by atoms with van der Waals surface area (Å²) in [7, 11) is 0. The Morgan fingerprint density at radius 3 is 2.33 bits per heavy atom. The predicted octanol–water partition coefficient (Wildman–Crippen LogP) is 4.23. The molecule has 1 aromatic carbocycles. The molecule has 1 heterocycles. The lowest BCUT2D eigenvalue weighted by atomic mass is 9.91. The molecule has 0 unspecified atom stereocenters. The zero-order chi connectivity index (χ0) is 17.9. The lowest BCUT2D eigenvalue weighted by Gasteiger charge is -2.25. The van der Waals surface area contributed by atoms with Crippen LogP contribution >= 0.6 is 0 Å². The van der Waals surface area contributed by atoms with Crippen LogP contribution in [-0.4, -0.2) is 35.7 Å². The molecule has 4 heteroatoms. The molecule has 0 aromatic heterocycles. The van der Waals surface area contributed by atoms with E-state index < -0.39 is 5.60 Å². The van der Waals surface area contributed by atoms with E-state index in [2.05, 4.69) is 55.3 Å². The number of likely N-dealkylation sites (tertiary alicyclic amines) is 1. The molecule has 1 aliphatic rings. The lowest BCUT2D eigenvalue weighted by molar-refractivity contribution is 0.0490.